The van der Waals surface area contributed by atoms with Gasteiger partial charge >= 0.3 is 0 Å². The molecule has 6 atom stereocenters. The number of likely N-dealkylation sites (tertiary alicyclic amines) is 1. The van der Waals surface area contributed by atoms with Gasteiger partial charge in [-0.05, 0) is 49.5 Å². The van der Waals surface area contributed by atoms with Crippen LogP contribution >= 0.6 is 0 Å². The number of rotatable bonds is 5. The third-order valence-corrected chi connectivity index (χ3v) is 8.92. The number of phenolic OH excluding ortho intramolecular Hbond substituents is 1. The molecule has 3 unspecified atom stereocenters. The molecule has 2 aromatic rings. The van der Waals surface area contributed by atoms with Gasteiger partial charge in [0.25, 0.3) is 0 Å². The van der Waals surface area contributed by atoms with E-state index in [1.54, 1.807) is 48.8 Å². The van der Waals surface area contributed by atoms with Gasteiger partial charge in [-0.2, -0.15) is 5.26 Å². The highest BCUT2D eigenvalue weighted by Gasteiger charge is 2.74. The average molecular weight is 488 g/mol. The molecule has 2 fully saturated rings. The van der Waals surface area contributed by atoms with Crippen LogP contribution in [0.4, 0.5) is 0 Å². The minimum atomic E-state index is -1.17. The number of ether oxygens (including phenoxy) is 1. The molecular weight excluding hydrogens is 458 g/mol. The largest absolute Gasteiger partial charge is 0.504 e. The predicted octanol–water partition coefficient (Wildman–Crippen LogP) is 2.76. The topological polar surface area (TPSA) is 110 Å². The van der Waals surface area contributed by atoms with Crippen molar-refractivity contribution in [2.45, 2.75) is 60.9 Å². The molecule has 1 saturated carbocycles. The van der Waals surface area contributed by atoms with Crippen molar-refractivity contribution in [2.75, 3.05) is 13.6 Å². The maximum absolute atomic E-state index is 13.2. The summed E-state index contributed by atoms with van der Waals surface area (Å²) in [7, 11) is 1.75. The first-order valence-electron chi connectivity index (χ1n) is 12.3. The fourth-order valence-corrected chi connectivity index (χ4v) is 7.38. The summed E-state index contributed by atoms with van der Waals surface area (Å²) in [5.41, 5.74) is 0.522. The smallest absolute Gasteiger partial charge is 0.246 e. The quantitative estimate of drug-likeness (QED) is 0.493. The van der Waals surface area contributed by atoms with Gasteiger partial charge in [0.15, 0.2) is 11.5 Å². The molecule has 8 heteroatoms. The number of phenols is 1. The summed E-state index contributed by atoms with van der Waals surface area (Å²) in [4.78, 5) is 16.9. The van der Waals surface area contributed by atoms with Crippen molar-refractivity contribution in [2.24, 2.45) is 0 Å². The first-order valence-corrected chi connectivity index (χ1v) is 12.3. The Bertz CT molecular complexity index is 1300. The molecule has 1 amide bonds. The number of aliphatic hydroxyl groups is 1. The monoisotopic (exact) mass is 487 g/mol. The van der Waals surface area contributed by atoms with Crippen LogP contribution in [0.15, 0.2) is 53.9 Å². The van der Waals surface area contributed by atoms with E-state index in [2.05, 4.69) is 17.5 Å². The highest BCUT2D eigenvalue weighted by molar-refractivity contribution is 5.92. The first kappa shape index (κ1) is 22.9. The van der Waals surface area contributed by atoms with Crippen LogP contribution in [-0.4, -0.2) is 69.3 Å². The van der Waals surface area contributed by atoms with Crippen molar-refractivity contribution in [3.05, 3.63) is 66.1 Å². The SMILES string of the molecule is C=CCN1C(C#N)C[C@]23c4c5ccc(O)c4OC2C(N(C)C(=O)/C=C/c2ccoc2)CC[C@@]3(O)[C@H]1C5. The van der Waals surface area contributed by atoms with Crippen molar-refractivity contribution < 1.29 is 24.2 Å². The van der Waals surface area contributed by atoms with Gasteiger partial charge in [0.2, 0.25) is 5.91 Å². The van der Waals surface area contributed by atoms with Gasteiger partial charge in [0, 0.05) is 36.8 Å². The molecule has 4 aliphatic rings. The van der Waals surface area contributed by atoms with Gasteiger partial charge in [0.05, 0.1) is 41.7 Å². The van der Waals surface area contributed by atoms with E-state index in [-0.39, 0.29) is 23.7 Å². The Labute approximate surface area is 209 Å². The van der Waals surface area contributed by atoms with Gasteiger partial charge in [-0.1, -0.05) is 12.1 Å². The Morgan fingerprint density at radius 1 is 1.42 bits per heavy atom. The van der Waals surface area contributed by atoms with E-state index in [0.29, 0.717) is 38.0 Å². The molecular formula is C28H29N3O5. The van der Waals surface area contributed by atoms with Crippen molar-refractivity contribution in [3.8, 4) is 17.6 Å². The summed E-state index contributed by atoms with van der Waals surface area (Å²) >= 11 is 0. The fourth-order valence-electron chi connectivity index (χ4n) is 7.38. The molecule has 186 valence electrons. The third kappa shape index (κ3) is 2.84. The van der Waals surface area contributed by atoms with Crippen molar-refractivity contribution in [1.82, 2.24) is 9.80 Å². The zero-order valence-electron chi connectivity index (χ0n) is 20.1. The van der Waals surface area contributed by atoms with Gasteiger partial charge in [0.1, 0.15) is 6.10 Å². The lowest BCUT2D eigenvalue weighted by atomic mass is 9.47. The Morgan fingerprint density at radius 2 is 2.25 bits per heavy atom. The highest BCUT2D eigenvalue weighted by Crippen LogP contribution is 2.66. The first-order chi connectivity index (χ1) is 17.4. The second-order valence-corrected chi connectivity index (χ2v) is 10.4. The van der Waals surface area contributed by atoms with Gasteiger partial charge in [-0.3, -0.25) is 9.69 Å². The molecule has 2 N–H and O–H groups in total. The van der Waals surface area contributed by atoms with E-state index in [4.69, 9.17) is 9.15 Å². The van der Waals surface area contributed by atoms with Crippen molar-refractivity contribution in [1.29, 1.82) is 5.26 Å². The number of amides is 1. The number of nitriles is 1. The van der Waals surface area contributed by atoms with Crippen LogP contribution in [-0.2, 0) is 16.6 Å². The lowest BCUT2D eigenvalue weighted by Gasteiger charge is -2.65. The van der Waals surface area contributed by atoms with Crippen LogP contribution < -0.4 is 4.74 Å². The number of likely N-dealkylation sites (N-methyl/N-ethyl adjacent to an activating group) is 1. The summed E-state index contributed by atoms with van der Waals surface area (Å²) in [6.45, 7) is 4.37. The van der Waals surface area contributed by atoms with E-state index in [9.17, 15) is 20.3 Å². The minimum absolute atomic E-state index is 0.0212. The summed E-state index contributed by atoms with van der Waals surface area (Å²) in [6.07, 6.45) is 9.37. The van der Waals surface area contributed by atoms with Gasteiger partial charge in [-0.25, -0.2) is 0 Å². The fraction of sp³-hybridized carbons (Fsp3) is 0.429. The summed E-state index contributed by atoms with van der Waals surface area (Å²) in [5, 5.41) is 33.4. The van der Waals surface area contributed by atoms with Gasteiger partial charge < -0.3 is 24.3 Å². The van der Waals surface area contributed by atoms with Crippen LogP contribution in [0.1, 0.15) is 36.0 Å². The maximum atomic E-state index is 13.2. The molecule has 0 radical (unpaired) electrons. The Morgan fingerprint density at radius 3 is 2.97 bits per heavy atom. The van der Waals surface area contributed by atoms with Crippen LogP contribution in [0.2, 0.25) is 0 Å². The number of piperidine rings is 1. The number of aromatic hydroxyl groups is 1. The number of furan rings is 1. The van der Waals surface area contributed by atoms with E-state index in [0.717, 1.165) is 16.7 Å². The van der Waals surface area contributed by atoms with E-state index < -0.39 is 23.2 Å². The Balaban J connectivity index is 1.45. The number of benzene rings is 1. The highest BCUT2D eigenvalue weighted by atomic mass is 16.5. The van der Waals surface area contributed by atoms with Crippen molar-refractivity contribution in [3.63, 3.8) is 0 Å². The van der Waals surface area contributed by atoms with Crippen molar-refractivity contribution >= 4 is 12.0 Å². The van der Waals surface area contributed by atoms with E-state index >= 15 is 0 Å². The number of nitrogens with zero attached hydrogens (tertiary/aromatic N) is 3. The van der Waals surface area contributed by atoms with Crippen LogP contribution in [0.3, 0.4) is 0 Å². The zero-order chi connectivity index (χ0) is 25.2. The van der Waals surface area contributed by atoms with E-state index in [1.165, 1.54) is 6.08 Å². The molecule has 1 saturated heterocycles. The summed E-state index contributed by atoms with van der Waals surface area (Å²) in [5.74, 6) is 0.207. The van der Waals surface area contributed by atoms with Crippen LogP contribution in [0.25, 0.3) is 6.08 Å². The lowest BCUT2D eigenvalue weighted by molar-refractivity contribution is -0.205. The molecule has 36 heavy (non-hydrogen) atoms. The molecule has 2 aliphatic carbocycles. The number of carbonyl (C=O) groups is 1. The van der Waals surface area contributed by atoms with Crippen LogP contribution in [0.5, 0.6) is 11.5 Å². The maximum Gasteiger partial charge on any atom is 0.246 e. The van der Waals surface area contributed by atoms with E-state index in [1.807, 2.05) is 6.07 Å². The van der Waals surface area contributed by atoms with Gasteiger partial charge in [-0.15, -0.1) is 6.58 Å². The second kappa shape index (κ2) is 7.99. The summed E-state index contributed by atoms with van der Waals surface area (Å²) < 4.78 is 11.6. The molecule has 3 heterocycles. The lowest BCUT2D eigenvalue weighted by Crippen LogP contribution is -2.79. The molecule has 1 aromatic heterocycles. The second-order valence-electron chi connectivity index (χ2n) is 10.4. The molecule has 2 bridgehead atoms. The molecule has 2 aliphatic heterocycles. The third-order valence-electron chi connectivity index (χ3n) is 8.92. The normalized spacial score (nSPS) is 34.0. The predicted molar refractivity (Wildman–Crippen MR) is 131 cm³/mol. The Kier molecular flexibility index (Phi) is 5.08. The van der Waals surface area contributed by atoms with Crippen LogP contribution in [0, 0.1) is 11.3 Å². The standard InChI is InChI=1S/C28H29N3O5/c1-3-11-31-19(15-29)14-27-24-18-5-6-21(32)25(24)36-26(27)20(8-10-28(27,34)22(31)13-18)30(2)23(33)7-4-17-9-12-35-16-17/h3-7,9,12,16,19-20,22,26,32,34H,1,8,10-11,13-14H2,2H3/b7-4+/t19?,20?,22-,26?,27+,28-/m1/s1. The number of hydrogen-bond donors (Lipinski definition) is 2. The zero-order valence-corrected chi connectivity index (χ0v) is 20.1. The molecule has 1 aromatic carbocycles. The average Bonchev–Trinajstić information content (AvgIpc) is 3.51. The Hall–Kier alpha value is -3.54. The molecule has 6 rings (SSSR count). The number of hydrogen-bond acceptors (Lipinski definition) is 7. The number of carbonyl (C=O) groups excluding carboxylic acids is 1. The molecule has 8 nitrogen and oxygen atoms in total. The minimum Gasteiger partial charge on any atom is -0.504 e. The molecule has 1 spiro atoms. The summed E-state index contributed by atoms with van der Waals surface area (Å²) in [6, 6.07) is 6.65.